The molecule has 2 saturated heterocycles. The quantitative estimate of drug-likeness (QED) is 0.852. The summed E-state index contributed by atoms with van der Waals surface area (Å²) in [5, 5.41) is 0. The van der Waals surface area contributed by atoms with Gasteiger partial charge in [-0.2, -0.15) is 0 Å². The molecule has 0 spiro atoms. The van der Waals surface area contributed by atoms with E-state index in [9.17, 15) is 9.59 Å². The van der Waals surface area contributed by atoms with Gasteiger partial charge in [0.25, 0.3) is 0 Å². The van der Waals surface area contributed by atoms with Gasteiger partial charge < -0.3 is 14.5 Å². The molecule has 1 aliphatic carbocycles. The standard InChI is InChI=1S/C19H24N2O3/c1-13-10-20(12-17(24-13)14-5-3-2-4-6-14)19(23)15-9-18(22)21(11-15)16-7-8-16/h2-6,13,15-17H,7-12H2,1H3/t13-,15+,17-/m1/s1. The normalized spacial score (nSPS) is 30.7. The highest BCUT2D eigenvalue weighted by Crippen LogP contribution is 2.34. The zero-order valence-electron chi connectivity index (χ0n) is 14.1. The molecule has 1 aromatic rings. The molecule has 5 heteroatoms. The number of hydrogen-bond donors (Lipinski definition) is 0. The number of hydrogen-bond acceptors (Lipinski definition) is 3. The number of ether oxygens (including phenoxy) is 1. The number of nitrogens with zero attached hydrogens (tertiary/aromatic N) is 2. The van der Waals surface area contributed by atoms with Crippen LogP contribution in [0.5, 0.6) is 0 Å². The van der Waals surface area contributed by atoms with Crippen LogP contribution in [0, 0.1) is 5.92 Å². The van der Waals surface area contributed by atoms with Crippen molar-refractivity contribution in [1.29, 1.82) is 0 Å². The third-order valence-electron chi connectivity index (χ3n) is 5.24. The molecule has 2 amide bonds. The number of carbonyl (C=O) groups is 2. The summed E-state index contributed by atoms with van der Waals surface area (Å²) >= 11 is 0. The molecule has 3 fully saturated rings. The van der Waals surface area contributed by atoms with Crippen molar-refractivity contribution < 1.29 is 14.3 Å². The van der Waals surface area contributed by atoms with Crippen LogP contribution >= 0.6 is 0 Å². The summed E-state index contributed by atoms with van der Waals surface area (Å²) in [5.74, 6) is 0.0826. The van der Waals surface area contributed by atoms with Gasteiger partial charge in [0.05, 0.1) is 18.6 Å². The zero-order valence-corrected chi connectivity index (χ0v) is 14.1. The molecule has 0 N–H and O–H groups in total. The Morgan fingerprint density at radius 2 is 1.88 bits per heavy atom. The Labute approximate surface area is 142 Å². The van der Waals surface area contributed by atoms with E-state index in [0.717, 1.165) is 18.4 Å². The van der Waals surface area contributed by atoms with Crippen LogP contribution in [-0.2, 0) is 14.3 Å². The number of benzene rings is 1. The molecule has 2 aliphatic heterocycles. The molecule has 0 bridgehead atoms. The average Bonchev–Trinajstić information content (AvgIpc) is 3.36. The smallest absolute Gasteiger partial charge is 0.228 e. The maximum atomic E-state index is 12.9. The van der Waals surface area contributed by atoms with E-state index in [0.29, 0.717) is 32.1 Å². The van der Waals surface area contributed by atoms with Crippen molar-refractivity contribution in [2.24, 2.45) is 5.92 Å². The van der Waals surface area contributed by atoms with Gasteiger partial charge in [0.15, 0.2) is 0 Å². The summed E-state index contributed by atoms with van der Waals surface area (Å²) in [5.41, 5.74) is 1.10. The summed E-state index contributed by atoms with van der Waals surface area (Å²) in [6.45, 7) is 3.79. The minimum absolute atomic E-state index is 0.00421. The van der Waals surface area contributed by atoms with Crippen LogP contribution in [0.4, 0.5) is 0 Å². The van der Waals surface area contributed by atoms with Crippen LogP contribution in [0.1, 0.15) is 37.9 Å². The Hall–Kier alpha value is -1.88. The van der Waals surface area contributed by atoms with Gasteiger partial charge >= 0.3 is 0 Å². The molecule has 1 saturated carbocycles. The van der Waals surface area contributed by atoms with Gasteiger partial charge in [0, 0.05) is 25.6 Å². The lowest BCUT2D eigenvalue weighted by atomic mass is 10.0. The van der Waals surface area contributed by atoms with Gasteiger partial charge in [-0.3, -0.25) is 9.59 Å². The SMILES string of the molecule is C[C@@H]1CN(C(=O)[C@H]2CC(=O)N(C3CC3)C2)C[C@H](c2ccccc2)O1. The monoisotopic (exact) mass is 328 g/mol. The number of morpholine rings is 1. The first-order chi connectivity index (χ1) is 11.6. The minimum atomic E-state index is -0.181. The molecule has 0 aromatic heterocycles. The highest BCUT2D eigenvalue weighted by molar-refractivity contribution is 5.89. The van der Waals surface area contributed by atoms with E-state index in [4.69, 9.17) is 4.74 Å². The lowest BCUT2D eigenvalue weighted by Crippen LogP contribution is -2.48. The van der Waals surface area contributed by atoms with Crippen LogP contribution < -0.4 is 0 Å². The van der Waals surface area contributed by atoms with E-state index in [1.807, 2.05) is 47.1 Å². The summed E-state index contributed by atoms with van der Waals surface area (Å²) in [6.07, 6.45) is 2.48. The molecule has 4 rings (SSSR count). The molecule has 5 nitrogen and oxygen atoms in total. The Kier molecular flexibility index (Phi) is 4.04. The van der Waals surface area contributed by atoms with Gasteiger partial charge in [0.2, 0.25) is 11.8 Å². The second-order valence-corrected chi connectivity index (χ2v) is 7.27. The van der Waals surface area contributed by atoms with Crippen molar-refractivity contribution in [2.75, 3.05) is 19.6 Å². The van der Waals surface area contributed by atoms with Crippen molar-refractivity contribution in [2.45, 2.75) is 44.4 Å². The van der Waals surface area contributed by atoms with Crippen molar-refractivity contribution >= 4 is 11.8 Å². The minimum Gasteiger partial charge on any atom is -0.367 e. The predicted molar refractivity (Wildman–Crippen MR) is 89.2 cm³/mol. The fourth-order valence-corrected chi connectivity index (χ4v) is 3.88. The van der Waals surface area contributed by atoms with Gasteiger partial charge in [-0.1, -0.05) is 30.3 Å². The highest BCUT2D eigenvalue weighted by Gasteiger charge is 2.43. The molecule has 24 heavy (non-hydrogen) atoms. The Bertz CT molecular complexity index is 629. The van der Waals surface area contributed by atoms with Crippen molar-refractivity contribution in [3.8, 4) is 0 Å². The maximum Gasteiger partial charge on any atom is 0.228 e. The third kappa shape index (κ3) is 3.05. The molecular weight excluding hydrogens is 304 g/mol. The van der Waals surface area contributed by atoms with E-state index in [1.54, 1.807) is 0 Å². The lowest BCUT2D eigenvalue weighted by molar-refractivity contribution is -0.148. The van der Waals surface area contributed by atoms with E-state index < -0.39 is 0 Å². The summed E-state index contributed by atoms with van der Waals surface area (Å²) < 4.78 is 6.03. The first-order valence-electron chi connectivity index (χ1n) is 8.90. The van der Waals surface area contributed by atoms with Gasteiger partial charge in [-0.15, -0.1) is 0 Å². The second kappa shape index (κ2) is 6.20. The average molecular weight is 328 g/mol. The van der Waals surface area contributed by atoms with Crippen LogP contribution in [0.2, 0.25) is 0 Å². The third-order valence-corrected chi connectivity index (χ3v) is 5.24. The highest BCUT2D eigenvalue weighted by atomic mass is 16.5. The first kappa shape index (κ1) is 15.6. The van der Waals surface area contributed by atoms with Crippen LogP contribution in [0.3, 0.4) is 0 Å². The van der Waals surface area contributed by atoms with Crippen LogP contribution in [0.25, 0.3) is 0 Å². The fourth-order valence-electron chi connectivity index (χ4n) is 3.88. The fraction of sp³-hybridized carbons (Fsp3) is 0.579. The first-order valence-corrected chi connectivity index (χ1v) is 8.90. The van der Waals surface area contributed by atoms with Crippen molar-refractivity contribution in [3.63, 3.8) is 0 Å². The second-order valence-electron chi connectivity index (χ2n) is 7.27. The maximum absolute atomic E-state index is 12.9. The Morgan fingerprint density at radius 1 is 1.12 bits per heavy atom. The van der Waals surface area contributed by atoms with E-state index in [-0.39, 0.29) is 29.9 Å². The van der Waals surface area contributed by atoms with Crippen LogP contribution in [0.15, 0.2) is 30.3 Å². The number of amides is 2. The Morgan fingerprint density at radius 3 is 2.58 bits per heavy atom. The molecule has 128 valence electrons. The van der Waals surface area contributed by atoms with Crippen LogP contribution in [-0.4, -0.2) is 53.4 Å². The summed E-state index contributed by atoms with van der Waals surface area (Å²) in [4.78, 5) is 28.9. The van der Waals surface area contributed by atoms with Crippen molar-refractivity contribution in [3.05, 3.63) is 35.9 Å². The predicted octanol–water partition coefficient (Wildman–Crippen LogP) is 1.99. The zero-order chi connectivity index (χ0) is 16.7. The number of carbonyl (C=O) groups excluding carboxylic acids is 2. The lowest BCUT2D eigenvalue weighted by Gasteiger charge is -2.38. The molecule has 0 radical (unpaired) electrons. The topological polar surface area (TPSA) is 49.9 Å². The molecular formula is C19H24N2O3. The van der Waals surface area contributed by atoms with Gasteiger partial charge in [-0.25, -0.2) is 0 Å². The molecule has 0 unspecified atom stereocenters. The van der Waals surface area contributed by atoms with E-state index >= 15 is 0 Å². The van der Waals surface area contributed by atoms with Gasteiger partial charge in [0.1, 0.15) is 6.10 Å². The van der Waals surface area contributed by atoms with E-state index in [2.05, 4.69) is 0 Å². The number of rotatable bonds is 3. The molecule has 3 aliphatic rings. The summed E-state index contributed by atoms with van der Waals surface area (Å²) in [6, 6.07) is 10.4. The Balaban J connectivity index is 1.45. The molecule has 2 heterocycles. The largest absolute Gasteiger partial charge is 0.367 e. The van der Waals surface area contributed by atoms with Gasteiger partial charge in [-0.05, 0) is 25.3 Å². The van der Waals surface area contributed by atoms with Crippen molar-refractivity contribution in [1.82, 2.24) is 9.80 Å². The molecule has 1 aromatic carbocycles. The number of likely N-dealkylation sites (tertiary alicyclic amines) is 1. The summed E-state index contributed by atoms with van der Waals surface area (Å²) in [7, 11) is 0. The molecule has 3 atom stereocenters. The van der Waals surface area contributed by atoms with E-state index in [1.165, 1.54) is 0 Å².